The average molecular weight is 408 g/mol. The largest absolute Gasteiger partial charge is 0.508 e. The molecule has 1 amide bonds. The van der Waals surface area contributed by atoms with E-state index in [4.69, 9.17) is 17.0 Å². The van der Waals surface area contributed by atoms with Gasteiger partial charge in [0.1, 0.15) is 17.5 Å². The fourth-order valence-electron chi connectivity index (χ4n) is 4.10. The second kappa shape index (κ2) is 6.74. The molecule has 3 aliphatic rings. The molecule has 146 valence electrons. The van der Waals surface area contributed by atoms with Crippen LogP contribution in [0, 0.1) is 0 Å². The van der Waals surface area contributed by atoms with E-state index in [0.29, 0.717) is 17.4 Å². The van der Waals surface area contributed by atoms with E-state index in [1.54, 1.807) is 22.7 Å². The van der Waals surface area contributed by atoms with Gasteiger partial charge in [-0.1, -0.05) is 0 Å². The standard InChI is InChI=1S/C19H25N3O3S2/c1-19(2,3)25-18(24)21-7-6-14-16(21)20-17(26)22(14)12-8-11-9-13(23)4-5-15(11)27-10-12/h4-5,9,12,14,16,23H,6-8,10H2,1-3H3,(H,20,26). The molecular weight excluding hydrogens is 382 g/mol. The summed E-state index contributed by atoms with van der Waals surface area (Å²) in [5, 5.41) is 13.9. The molecule has 6 nitrogen and oxygen atoms in total. The number of amides is 1. The highest BCUT2D eigenvalue weighted by atomic mass is 32.2. The maximum Gasteiger partial charge on any atom is 0.412 e. The molecule has 8 heteroatoms. The molecular formula is C19H25N3O3S2. The van der Waals surface area contributed by atoms with Gasteiger partial charge < -0.3 is 20.1 Å². The molecule has 1 aromatic rings. The van der Waals surface area contributed by atoms with Crippen molar-refractivity contribution in [2.24, 2.45) is 0 Å². The van der Waals surface area contributed by atoms with Gasteiger partial charge in [0.25, 0.3) is 0 Å². The zero-order chi connectivity index (χ0) is 19.3. The van der Waals surface area contributed by atoms with Crippen LogP contribution in [0.2, 0.25) is 0 Å². The molecule has 0 spiro atoms. The van der Waals surface area contributed by atoms with Gasteiger partial charge in [-0.05, 0) is 69.6 Å². The summed E-state index contributed by atoms with van der Waals surface area (Å²) < 4.78 is 5.56. The molecule has 0 saturated carbocycles. The number of thiocarbonyl (C=S) groups is 1. The smallest absolute Gasteiger partial charge is 0.412 e. The Morgan fingerprint density at radius 3 is 2.93 bits per heavy atom. The lowest BCUT2D eigenvalue weighted by atomic mass is 10.0. The summed E-state index contributed by atoms with van der Waals surface area (Å²) in [7, 11) is 0. The van der Waals surface area contributed by atoms with E-state index in [1.807, 2.05) is 32.9 Å². The van der Waals surface area contributed by atoms with Gasteiger partial charge in [-0.2, -0.15) is 0 Å². The summed E-state index contributed by atoms with van der Waals surface area (Å²) >= 11 is 7.42. The summed E-state index contributed by atoms with van der Waals surface area (Å²) in [6, 6.07) is 5.97. The number of hydrogen-bond acceptors (Lipinski definition) is 5. The van der Waals surface area contributed by atoms with Gasteiger partial charge in [0.2, 0.25) is 0 Å². The number of nitrogens with zero attached hydrogens (tertiary/aromatic N) is 2. The van der Waals surface area contributed by atoms with E-state index in [9.17, 15) is 9.90 Å². The molecule has 2 N–H and O–H groups in total. The van der Waals surface area contributed by atoms with Crippen LogP contribution in [0.3, 0.4) is 0 Å². The van der Waals surface area contributed by atoms with Crippen LogP contribution in [-0.2, 0) is 11.2 Å². The maximum absolute atomic E-state index is 12.6. The number of likely N-dealkylation sites (tertiary alicyclic amines) is 1. The van der Waals surface area contributed by atoms with E-state index in [2.05, 4.69) is 10.2 Å². The molecule has 0 aliphatic carbocycles. The van der Waals surface area contributed by atoms with Crippen LogP contribution in [-0.4, -0.2) is 62.3 Å². The molecule has 1 aromatic carbocycles. The number of phenols is 1. The number of carbonyl (C=O) groups is 1. The number of carbonyl (C=O) groups excluding carboxylic acids is 1. The lowest BCUT2D eigenvalue weighted by Gasteiger charge is -2.35. The summed E-state index contributed by atoms with van der Waals surface area (Å²) in [6.45, 7) is 6.30. The number of ether oxygens (including phenoxy) is 1. The molecule has 2 fully saturated rings. The van der Waals surface area contributed by atoms with Gasteiger partial charge in [-0.3, -0.25) is 4.90 Å². The number of rotatable bonds is 1. The van der Waals surface area contributed by atoms with Gasteiger partial charge in [-0.15, -0.1) is 11.8 Å². The molecule has 0 radical (unpaired) electrons. The fraction of sp³-hybridized carbons (Fsp3) is 0.579. The first-order valence-corrected chi connectivity index (χ1v) is 10.7. The summed E-state index contributed by atoms with van der Waals surface area (Å²) in [5.74, 6) is 1.24. The number of thioether (sulfide) groups is 1. The number of fused-ring (bicyclic) bond motifs is 2. The predicted octanol–water partition coefficient (Wildman–Crippen LogP) is 2.93. The van der Waals surface area contributed by atoms with Crippen molar-refractivity contribution in [3.63, 3.8) is 0 Å². The van der Waals surface area contributed by atoms with Crippen LogP contribution in [0.25, 0.3) is 0 Å². The van der Waals surface area contributed by atoms with Crippen LogP contribution in [0.5, 0.6) is 5.75 Å². The lowest BCUT2D eigenvalue weighted by molar-refractivity contribution is 0.0207. The maximum atomic E-state index is 12.6. The normalized spacial score (nSPS) is 27.2. The molecule has 3 unspecified atom stereocenters. The SMILES string of the molecule is CC(C)(C)OC(=O)N1CCC2C1NC(=S)N2C1CSc2ccc(O)cc2C1. The number of nitrogens with one attached hydrogen (secondary N) is 1. The first-order valence-electron chi connectivity index (χ1n) is 9.26. The van der Waals surface area contributed by atoms with E-state index in [1.165, 1.54) is 4.90 Å². The lowest BCUT2D eigenvalue weighted by Crippen LogP contribution is -2.48. The zero-order valence-electron chi connectivity index (χ0n) is 15.8. The highest BCUT2D eigenvalue weighted by molar-refractivity contribution is 7.99. The van der Waals surface area contributed by atoms with E-state index in [-0.39, 0.29) is 24.3 Å². The minimum absolute atomic E-state index is 0.136. The number of phenolic OH excluding ortho intramolecular Hbond substituents is 1. The summed E-state index contributed by atoms with van der Waals surface area (Å²) in [5.41, 5.74) is 0.643. The Hall–Kier alpha value is -1.67. The molecule has 4 rings (SSSR count). The molecule has 0 aromatic heterocycles. The van der Waals surface area contributed by atoms with Crippen molar-refractivity contribution < 1.29 is 14.6 Å². The van der Waals surface area contributed by atoms with Crippen molar-refractivity contribution in [1.82, 2.24) is 15.1 Å². The van der Waals surface area contributed by atoms with Gasteiger partial charge in [0.15, 0.2) is 5.11 Å². The Labute approximate surface area is 169 Å². The third kappa shape index (κ3) is 3.57. The molecule has 3 atom stereocenters. The summed E-state index contributed by atoms with van der Waals surface area (Å²) in [4.78, 5) is 17.8. The first kappa shape index (κ1) is 18.7. The Morgan fingerprint density at radius 1 is 1.41 bits per heavy atom. The van der Waals surface area contributed by atoms with Gasteiger partial charge in [-0.25, -0.2) is 4.79 Å². The van der Waals surface area contributed by atoms with Crippen LogP contribution in [0.15, 0.2) is 23.1 Å². The fourth-order valence-corrected chi connectivity index (χ4v) is 5.65. The molecule has 0 bridgehead atoms. The molecule has 27 heavy (non-hydrogen) atoms. The predicted molar refractivity (Wildman–Crippen MR) is 109 cm³/mol. The number of benzene rings is 1. The van der Waals surface area contributed by atoms with Crippen molar-refractivity contribution >= 4 is 35.2 Å². The van der Waals surface area contributed by atoms with Gasteiger partial charge in [0, 0.05) is 23.2 Å². The Kier molecular flexibility index (Phi) is 4.66. The van der Waals surface area contributed by atoms with Crippen LogP contribution in [0.1, 0.15) is 32.8 Å². The van der Waals surface area contributed by atoms with Crippen molar-refractivity contribution in [3.8, 4) is 5.75 Å². The third-order valence-corrected chi connectivity index (χ3v) is 6.77. The van der Waals surface area contributed by atoms with Crippen LogP contribution >= 0.6 is 24.0 Å². The average Bonchev–Trinajstić information content (AvgIpc) is 3.10. The van der Waals surface area contributed by atoms with Gasteiger partial charge in [0.05, 0.1) is 6.04 Å². The number of hydrogen-bond donors (Lipinski definition) is 2. The second-order valence-corrected chi connectivity index (χ2v) is 9.74. The zero-order valence-corrected chi connectivity index (χ0v) is 17.4. The highest BCUT2D eigenvalue weighted by Crippen LogP contribution is 2.38. The third-order valence-electron chi connectivity index (χ3n) is 5.18. The Bertz CT molecular complexity index is 780. The van der Waals surface area contributed by atoms with Crippen molar-refractivity contribution in [3.05, 3.63) is 23.8 Å². The minimum atomic E-state index is -0.514. The van der Waals surface area contributed by atoms with Crippen LogP contribution < -0.4 is 5.32 Å². The van der Waals surface area contributed by atoms with E-state index < -0.39 is 5.60 Å². The minimum Gasteiger partial charge on any atom is -0.508 e. The topological polar surface area (TPSA) is 65.0 Å². The summed E-state index contributed by atoms with van der Waals surface area (Å²) in [6.07, 6.45) is 1.28. The van der Waals surface area contributed by atoms with E-state index in [0.717, 1.165) is 24.2 Å². The molecule has 3 aliphatic heterocycles. The van der Waals surface area contributed by atoms with Crippen molar-refractivity contribution in [1.29, 1.82) is 0 Å². The number of aromatic hydroxyl groups is 1. The Morgan fingerprint density at radius 2 is 2.19 bits per heavy atom. The van der Waals surface area contributed by atoms with Crippen molar-refractivity contribution in [2.75, 3.05) is 12.3 Å². The second-order valence-electron chi connectivity index (χ2n) is 8.29. The monoisotopic (exact) mass is 407 g/mol. The Balaban J connectivity index is 1.50. The quantitative estimate of drug-likeness (QED) is 0.694. The molecule has 2 saturated heterocycles. The van der Waals surface area contributed by atoms with Gasteiger partial charge >= 0.3 is 6.09 Å². The van der Waals surface area contributed by atoms with Crippen molar-refractivity contribution in [2.45, 2.75) is 62.4 Å². The molecule has 3 heterocycles. The highest BCUT2D eigenvalue weighted by Gasteiger charge is 2.50. The first-order chi connectivity index (χ1) is 12.7. The van der Waals surface area contributed by atoms with Crippen LogP contribution in [0.4, 0.5) is 4.79 Å². The van der Waals surface area contributed by atoms with E-state index >= 15 is 0 Å².